The predicted molar refractivity (Wildman–Crippen MR) is 82.9 cm³/mol. The summed E-state index contributed by atoms with van der Waals surface area (Å²) >= 11 is 3.55. The Hall–Kier alpha value is -1.01. The van der Waals surface area contributed by atoms with Crippen LogP contribution >= 0.6 is 15.9 Å². The molecule has 2 rings (SSSR count). The minimum absolute atomic E-state index is 0.210. The number of benzene rings is 1. The van der Waals surface area contributed by atoms with Crippen molar-refractivity contribution in [2.45, 2.75) is 45.6 Å². The molecule has 1 aromatic rings. The van der Waals surface area contributed by atoms with Gasteiger partial charge >= 0.3 is 0 Å². The topological polar surface area (TPSA) is 35.8 Å². The molecule has 1 aliphatic rings. The van der Waals surface area contributed by atoms with E-state index in [2.05, 4.69) is 48.1 Å². The molecule has 0 saturated heterocycles. The number of rotatable bonds is 2. The Labute approximate surface area is 124 Å². The average Bonchev–Trinajstić information content (AvgIpc) is 2.29. The first-order valence-corrected chi connectivity index (χ1v) is 7.59. The summed E-state index contributed by atoms with van der Waals surface area (Å²) in [5, 5.41) is 13.2. The first-order valence-electron chi connectivity index (χ1n) is 6.80. The zero-order valence-electron chi connectivity index (χ0n) is 11.8. The van der Waals surface area contributed by atoms with Crippen molar-refractivity contribution in [2.75, 3.05) is 5.32 Å². The lowest BCUT2D eigenvalue weighted by molar-refractivity contribution is 0.149. The summed E-state index contributed by atoms with van der Waals surface area (Å²) in [7, 11) is 0. The van der Waals surface area contributed by atoms with Crippen LogP contribution in [0.1, 0.15) is 40.0 Å². The molecule has 2 unspecified atom stereocenters. The Morgan fingerprint density at radius 1 is 1.32 bits per heavy atom. The van der Waals surface area contributed by atoms with Gasteiger partial charge in [-0.2, -0.15) is 5.26 Å². The smallest absolute Gasteiger partial charge is 0.126 e. The molecule has 1 fully saturated rings. The third kappa shape index (κ3) is 3.30. The first-order chi connectivity index (χ1) is 8.86. The first kappa shape index (κ1) is 14.4. The van der Waals surface area contributed by atoms with Gasteiger partial charge in [0.1, 0.15) is 5.54 Å². The Kier molecular flexibility index (Phi) is 3.92. The summed E-state index contributed by atoms with van der Waals surface area (Å²) in [5.74, 6) is 0.568. The number of nitrogens with one attached hydrogen (secondary N) is 1. The number of hydrogen-bond donors (Lipinski definition) is 1. The third-order valence-corrected chi connectivity index (χ3v) is 4.53. The standard InChI is InChI=1S/C16H21BrN2/c1-12-8-15(2,3)10-16(9-12,11-18)19-14-7-5-4-6-13(14)17/h4-7,12,19H,8-10H2,1-3H3. The number of nitriles is 1. The molecule has 2 atom stereocenters. The highest BCUT2D eigenvalue weighted by molar-refractivity contribution is 9.10. The van der Waals surface area contributed by atoms with Crippen molar-refractivity contribution in [1.29, 1.82) is 5.26 Å². The van der Waals surface area contributed by atoms with Gasteiger partial charge in [-0.25, -0.2) is 0 Å². The van der Waals surface area contributed by atoms with E-state index in [4.69, 9.17) is 0 Å². The Bertz CT molecular complexity index is 504. The third-order valence-electron chi connectivity index (χ3n) is 3.84. The summed E-state index contributed by atoms with van der Waals surface area (Å²) < 4.78 is 1.01. The van der Waals surface area contributed by atoms with Crippen LogP contribution < -0.4 is 5.32 Å². The highest BCUT2D eigenvalue weighted by Gasteiger charge is 2.43. The molecule has 0 heterocycles. The zero-order valence-corrected chi connectivity index (χ0v) is 13.4. The van der Waals surface area contributed by atoms with E-state index in [1.54, 1.807) is 0 Å². The highest BCUT2D eigenvalue weighted by Crippen LogP contribution is 2.45. The van der Waals surface area contributed by atoms with Crippen molar-refractivity contribution in [3.8, 4) is 6.07 Å². The van der Waals surface area contributed by atoms with Crippen molar-refractivity contribution in [1.82, 2.24) is 0 Å². The lowest BCUT2D eigenvalue weighted by atomic mass is 9.64. The molecule has 0 aromatic heterocycles. The lowest BCUT2D eigenvalue weighted by Gasteiger charge is -2.44. The van der Waals surface area contributed by atoms with Gasteiger partial charge in [-0.15, -0.1) is 0 Å². The molecule has 1 saturated carbocycles. The van der Waals surface area contributed by atoms with Crippen LogP contribution in [0.2, 0.25) is 0 Å². The van der Waals surface area contributed by atoms with Gasteiger partial charge in [0.15, 0.2) is 0 Å². The van der Waals surface area contributed by atoms with Crippen molar-refractivity contribution in [2.24, 2.45) is 11.3 Å². The molecule has 2 nitrogen and oxygen atoms in total. The Morgan fingerprint density at radius 3 is 2.58 bits per heavy atom. The fourth-order valence-corrected chi connectivity index (χ4v) is 3.98. The molecular weight excluding hydrogens is 300 g/mol. The maximum absolute atomic E-state index is 9.72. The van der Waals surface area contributed by atoms with E-state index >= 15 is 0 Å². The van der Waals surface area contributed by atoms with Gasteiger partial charge in [0.2, 0.25) is 0 Å². The number of hydrogen-bond acceptors (Lipinski definition) is 2. The molecule has 0 bridgehead atoms. The second kappa shape index (κ2) is 5.17. The molecule has 3 heteroatoms. The molecule has 0 aliphatic heterocycles. The SMILES string of the molecule is CC1CC(C)(C)CC(C#N)(Nc2ccccc2Br)C1. The van der Waals surface area contributed by atoms with Crippen LogP contribution in [-0.2, 0) is 0 Å². The molecular formula is C16H21BrN2. The van der Waals surface area contributed by atoms with E-state index in [-0.39, 0.29) is 5.41 Å². The van der Waals surface area contributed by atoms with Crippen molar-refractivity contribution >= 4 is 21.6 Å². The quantitative estimate of drug-likeness (QED) is 0.835. The summed E-state index contributed by atoms with van der Waals surface area (Å²) in [5.41, 5.74) is 0.765. The maximum Gasteiger partial charge on any atom is 0.126 e. The monoisotopic (exact) mass is 320 g/mol. The number of para-hydroxylation sites is 1. The van der Waals surface area contributed by atoms with E-state index in [1.807, 2.05) is 24.3 Å². The van der Waals surface area contributed by atoms with Gasteiger partial charge in [-0.3, -0.25) is 0 Å². The van der Waals surface area contributed by atoms with E-state index in [9.17, 15) is 5.26 Å². The fraction of sp³-hybridized carbons (Fsp3) is 0.562. The summed E-state index contributed by atoms with van der Waals surface area (Å²) in [4.78, 5) is 0. The Morgan fingerprint density at radius 2 is 2.00 bits per heavy atom. The van der Waals surface area contributed by atoms with Crippen LogP contribution in [0.4, 0.5) is 5.69 Å². The van der Waals surface area contributed by atoms with E-state index in [0.717, 1.165) is 23.0 Å². The molecule has 0 spiro atoms. The number of halogens is 1. The van der Waals surface area contributed by atoms with Crippen molar-refractivity contribution in [3.05, 3.63) is 28.7 Å². The molecule has 1 aliphatic carbocycles. The van der Waals surface area contributed by atoms with Gasteiger partial charge in [0.25, 0.3) is 0 Å². The molecule has 19 heavy (non-hydrogen) atoms. The fourth-order valence-electron chi connectivity index (χ4n) is 3.60. The second-order valence-electron chi connectivity index (χ2n) is 6.65. The van der Waals surface area contributed by atoms with Crippen LogP contribution in [0.25, 0.3) is 0 Å². The second-order valence-corrected chi connectivity index (χ2v) is 7.51. The van der Waals surface area contributed by atoms with E-state index < -0.39 is 5.54 Å². The van der Waals surface area contributed by atoms with Crippen LogP contribution in [0.15, 0.2) is 28.7 Å². The zero-order chi connectivity index (χ0) is 14.1. The van der Waals surface area contributed by atoms with Crippen molar-refractivity contribution < 1.29 is 0 Å². The van der Waals surface area contributed by atoms with Crippen molar-refractivity contribution in [3.63, 3.8) is 0 Å². The minimum atomic E-state index is -0.453. The minimum Gasteiger partial charge on any atom is -0.366 e. The number of nitrogens with zero attached hydrogens (tertiary/aromatic N) is 1. The number of anilines is 1. The molecule has 1 N–H and O–H groups in total. The van der Waals surface area contributed by atoms with Crippen LogP contribution in [0.3, 0.4) is 0 Å². The van der Waals surface area contributed by atoms with Gasteiger partial charge in [-0.05, 0) is 58.7 Å². The summed E-state index contributed by atoms with van der Waals surface area (Å²) in [6.07, 6.45) is 2.99. The summed E-state index contributed by atoms with van der Waals surface area (Å²) in [6.45, 7) is 6.77. The average molecular weight is 321 g/mol. The molecule has 0 radical (unpaired) electrons. The van der Waals surface area contributed by atoms with E-state index in [0.29, 0.717) is 5.92 Å². The van der Waals surface area contributed by atoms with E-state index in [1.165, 1.54) is 6.42 Å². The Balaban J connectivity index is 2.29. The molecule has 0 amide bonds. The van der Waals surface area contributed by atoms with Crippen LogP contribution in [0, 0.1) is 22.7 Å². The maximum atomic E-state index is 9.72. The molecule has 1 aromatic carbocycles. The lowest BCUT2D eigenvalue weighted by Crippen LogP contribution is -2.47. The highest BCUT2D eigenvalue weighted by atomic mass is 79.9. The van der Waals surface area contributed by atoms with Gasteiger partial charge in [0, 0.05) is 10.2 Å². The molecule has 102 valence electrons. The predicted octanol–water partition coefficient (Wildman–Crippen LogP) is 4.97. The summed E-state index contributed by atoms with van der Waals surface area (Å²) in [6, 6.07) is 10.6. The van der Waals surface area contributed by atoms with Crippen LogP contribution in [-0.4, -0.2) is 5.54 Å². The van der Waals surface area contributed by atoms with Crippen LogP contribution in [0.5, 0.6) is 0 Å². The van der Waals surface area contributed by atoms with Gasteiger partial charge in [0.05, 0.1) is 6.07 Å². The normalized spacial score (nSPS) is 29.5. The largest absolute Gasteiger partial charge is 0.366 e. The van der Waals surface area contributed by atoms with Gasteiger partial charge < -0.3 is 5.32 Å². The van der Waals surface area contributed by atoms with Gasteiger partial charge in [-0.1, -0.05) is 32.9 Å².